The summed E-state index contributed by atoms with van der Waals surface area (Å²) in [5.41, 5.74) is 3.23. The molecular formula is C23H22F3N5OS. The summed E-state index contributed by atoms with van der Waals surface area (Å²) in [6.07, 6.45) is 0.0600. The Balaban J connectivity index is 1.46. The summed E-state index contributed by atoms with van der Waals surface area (Å²) in [6.45, 7) is 0. The zero-order valence-electron chi connectivity index (χ0n) is 17.6. The number of amides is 1. The van der Waals surface area contributed by atoms with Gasteiger partial charge in [-0.15, -0.1) is 10.2 Å². The number of anilines is 1. The zero-order valence-corrected chi connectivity index (χ0v) is 18.4. The van der Waals surface area contributed by atoms with Crippen LogP contribution in [0.1, 0.15) is 37.7 Å². The minimum atomic E-state index is -4.48. The predicted molar refractivity (Wildman–Crippen MR) is 120 cm³/mol. The molecule has 2 aromatic carbocycles. The standard InChI is InChI=1S/C23H22F3N5OS/c24-23(25,26)16-10-7-11-17(14-16)27-20(32)18-22(12-5-2-6-13-22)30-31-19(28-29-21(31)33-18)15-8-3-1-4-9-15/h1,3-4,7-11,14,18,30H,2,5-6,12-13H2,(H,27,32)/t18-/m1/s1. The second-order valence-electron chi connectivity index (χ2n) is 8.40. The monoisotopic (exact) mass is 473 g/mol. The molecule has 3 aromatic rings. The number of nitrogens with zero attached hydrogens (tertiary/aromatic N) is 3. The number of thioether (sulfide) groups is 1. The third-order valence-electron chi connectivity index (χ3n) is 6.17. The molecule has 33 heavy (non-hydrogen) atoms. The summed E-state index contributed by atoms with van der Waals surface area (Å²) in [4.78, 5) is 13.4. The van der Waals surface area contributed by atoms with Crippen LogP contribution in [0.15, 0.2) is 59.8 Å². The second kappa shape index (κ2) is 8.40. The number of fused-ring (bicyclic) bond motifs is 1. The molecule has 0 radical (unpaired) electrons. The van der Waals surface area contributed by atoms with Crippen molar-refractivity contribution in [2.24, 2.45) is 0 Å². The van der Waals surface area contributed by atoms with Crippen LogP contribution in [-0.2, 0) is 11.0 Å². The number of halogens is 3. The first kappa shape index (κ1) is 21.8. The molecular weight excluding hydrogens is 451 g/mol. The van der Waals surface area contributed by atoms with Crippen LogP contribution in [-0.4, -0.2) is 31.6 Å². The minimum Gasteiger partial charge on any atom is -0.325 e. The van der Waals surface area contributed by atoms with Crippen molar-refractivity contribution in [3.63, 3.8) is 0 Å². The molecule has 10 heteroatoms. The molecule has 1 atom stereocenters. The highest BCUT2D eigenvalue weighted by molar-refractivity contribution is 8.00. The lowest BCUT2D eigenvalue weighted by atomic mass is 9.79. The Kier molecular flexibility index (Phi) is 5.55. The van der Waals surface area contributed by atoms with Crippen molar-refractivity contribution in [2.75, 3.05) is 10.7 Å². The molecule has 172 valence electrons. The van der Waals surface area contributed by atoms with Crippen LogP contribution in [0.4, 0.5) is 18.9 Å². The average molecular weight is 474 g/mol. The van der Waals surface area contributed by atoms with E-state index in [4.69, 9.17) is 0 Å². The number of carbonyl (C=O) groups is 1. The van der Waals surface area contributed by atoms with Gasteiger partial charge in [-0.1, -0.05) is 67.4 Å². The van der Waals surface area contributed by atoms with Gasteiger partial charge in [-0.3, -0.25) is 4.79 Å². The molecule has 0 saturated heterocycles. The Morgan fingerprint density at radius 2 is 1.82 bits per heavy atom. The maximum absolute atomic E-state index is 13.4. The summed E-state index contributed by atoms with van der Waals surface area (Å²) in [5.74, 6) is 0.323. The first-order valence-electron chi connectivity index (χ1n) is 10.8. The fraction of sp³-hybridized carbons (Fsp3) is 0.348. The number of benzene rings is 2. The fourth-order valence-electron chi connectivity index (χ4n) is 4.56. The lowest BCUT2D eigenvalue weighted by Crippen LogP contribution is -2.59. The number of alkyl halides is 3. The average Bonchev–Trinajstić information content (AvgIpc) is 3.21. The highest BCUT2D eigenvalue weighted by Crippen LogP contribution is 2.44. The molecule has 0 unspecified atom stereocenters. The van der Waals surface area contributed by atoms with Crippen molar-refractivity contribution in [3.05, 3.63) is 60.2 Å². The van der Waals surface area contributed by atoms with Crippen molar-refractivity contribution in [2.45, 2.75) is 54.2 Å². The summed E-state index contributed by atoms with van der Waals surface area (Å²) >= 11 is 1.31. The molecule has 0 bridgehead atoms. The number of rotatable bonds is 3. The smallest absolute Gasteiger partial charge is 0.325 e. The van der Waals surface area contributed by atoms with E-state index in [2.05, 4.69) is 20.9 Å². The number of hydrogen-bond donors (Lipinski definition) is 2. The number of aromatic nitrogens is 3. The Labute approximate surface area is 192 Å². The third-order valence-corrected chi connectivity index (χ3v) is 7.54. The summed E-state index contributed by atoms with van der Waals surface area (Å²) in [6, 6.07) is 14.4. The molecule has 1 aliphatic heterocycles. The third kappa shape index (κ3) is 4.19. The van der Waals surface area contributed by atoms with Gasteiger partial charge < -0.3 is 10.7 Å². The van der Waals surface area contributed by atoms with Gasteiger partial charge in [-0.2, -0.15) is 13.2 Å². The first-order valence-corrected chi connectivity index (χ1v) is 11.7. The molecule has 2 aliphatic rings. The van der Waals surface area contributed by atoms with Crippen LogP contribution >= 0.6 is 11.8 Å². The van der Waals surface area contributed by atoms with Crippen LogP contribution in [0.5, 0.6) is 0 Å². The lowest BCUT2D eigenvalue weighted by Gasteiger charge is -2.46. The normalized spacial score (nSPS) is 19.5. The number of nitrogens with one attached hydrogen (secondary N) is 2. The van der Waals surface area contributed by atoms with E-state index in [0.717, 1.165) is 49.8 Å². The molecule has 1 aliphatic carbocycles. The van der Waals surface area contributed by atoms with Gasteiger partial charge >= 0.3 is 6.18 Å². The molecule has 2 N–H and O–H groups in total. The van der Waals surface area contributed by atoms with Gasteiger partial charge in [-0.25, -0.2) is 4.68 Å². The van der Waals surface area contributed by atoms with Gasteiger partial charge in [-0.05, 0) is 31.0 Å². The summed E-state index contributed by atoms with van der Waals surface area (Å²) in [5, 5.41) is 11.3. The van der Waals surface area contributed by atoms with Crippen LogP contribution in [0, 0.1) is 0 Å². The highest BCUT2D eigenvalue weighted by atomic mass is 32.2. The molecule has 5 rings (SSSR count). The maximum Gasteiger partial charge on any atom is 0.416 e. The second-order valence-corrected chi connectivity index (χ2v) is 9.47. The van der Waals surface area contributed by atoms with Crippen LogP contribution in [0.25, 0.3) is 11.4 Å². The Morgan fingerprint density at radius 3 is 2.55 bits per heavy atom. The summed E-state index contributed by atoms with van der Waals surface area (Å²) in [7, 11) is 0. The van der Waals surface area contributed by atoms with Crippen molar-refractivity contribution < 1.29 is 18.0 Å². The molecule has 1 spiro atoms. The van der Waals surface area contributed by atoms with Crippen molar-refractivity contribution in [1.82, 2.24) is 14.9 Å². The number of carbonyl (C=O) groups excluding carboxylic acids is 1. The Bertz CT molecular complexity index is 1160. The van der Waals surface area contributed by atoms with Gasteiger partial charge in [0.2, 0.25) is 11.1 Å². The van der Waals surface area contributed by atoms with Crippen LogP contribution in [0.3, 0.4) is 0 Å². The number of hydrogen-bond acceptors (Lipinski definition) is 5. The van der Waals surface area contributed by atoms with E-state index in [9.17, 15) is 18.0 Å². The molecule has 6 nitrogen and oxygen atoms in total. The fourth-order valence-corrected chi connectivity index (χ4v) is 5.78. The molecule has 1 aromatic heterocycles. The van der Waals surface area contributed by atoms with E-state index >= 15 is 0 Å². The molecule has 1 amide bonds. The van der Waals surface area contributed by atoms with Gasteiger partial charge in [0.15, 0.2) is 5.82 Å². The lowest BCUT2D eigenvalue weighted by molar-refractivity contribution is -0.137. The van der Waals surface area contributed by atoms with Gasteiger partial charge in [0, 0.05) is 11.3 Å². The van der Waals surface area contributed by atoms with E-state index in [1.54, 1.807) is 0 Å². The molecule has 2 heterocycles. The van der Waals surface area contributed by atoms with Crippen molar-refractivity contribution in [1.29, 1.82) is 0 Å². The first-order chi connectivity index (χ1) is 15.9. The molecule has 1 saturated carbocycles. The van der Waals surface area contributed by atoms with E-state index in [0.29, 0.717) is 11.0 Å². The zero-order chi connectivity index (χ0) is 23.1. The topological polar surface area (TPSA) is 71.8 Å². The van der Waals surface area contributed by atoms with E-state index in [1.165, 1.54) is 23.9 Å². The quantitative estimate of drug-likeness (QED) is 0.539. The van der Waals surface area contributed by atoms with Gasteiger partial charge in [0.05, 0.1) is 11.1 Å². The van der Waals surface area contributed by atoms with E-state index in [-0.39, 0.29) is 11.6 Å². The highest BCUT2D eigenvalue weighted by Gasteiger charge is 2.49. The van der Waals surface area contributed by atoms with Crippen molar-refractivity contribution in [3.8, 4) is 11.4 Å². The predicted octanol–water partition coefficient (Wildman–Crippen LogP) is 5.32. The van der Waals surface area contributed by atoms with Gasteiger partial charge in [0.1, 0.15) is 5.25 Å². The Morgan fingerprint density at radius 1 is 1.06 bits per heavy atom. The van der Waals surface area contributed by atoms with Crippen molar-refractivity contribution >= 4 is 23.4 Å². The molecule has 1 fully saturated rings. The summed E-state index contributed by atoms with van der Waals surface area (Å²) < 4.78 is 41.2. The van der Waals surface area contributed by atoms with Gasteiger partial charge in [0.25, 0.3) is 0 Å². The SMILES string of the molecule is O=C(Nc1cccc(C(F)(F)F)c1)[C@H]1Sc2nnc(-c3ccccc3)n2NC12CCCCC2. The van der Waals surface area contributed by atoms with E-state index < -0.39 is 22.5 Å². The van der Waals surface area contributed by atoms with E-state index in [1.807, 2.05) is 35.0 Å². The Hall–Kier alpha value is -3.01. The van der Waals surface area contributed by atoms with Crippen LogP contribution in [0.2, 0.25) is 0 Å². The largest absolute Gasteiger partial charge is 0.416 e. The van der Waals surface area contributed by atoms with Crippen LogP contribution < -0.4 is 10.7 Å². The minimum absolute atomic E-state index is 0.124. The maximum atomic E-state index is 13.4.